The van der Waals surface area contributed by atoms with E-state index in [1.54, 1.807) is 0 Å². The van der Waals surface area contributed by atoms with Crippen LogP contribution >= 0.6 is 11.6 Å². The standard InChI is InChI=1S/C12H16ClN/c1-9-10(2)12(14)7-6-11(9)5-3-4-8-13/h3,5-7H,4,8,14H2,1-2H3. The molecule has 0 radical (unpaired) electrons. The lowest BCUT2D eigenvalue weighted by molar-refractivity contribution is 1.24. The molecule has 14 heavy (non-hydrogen) atoms. The molecule has 1 aromatic rings. The largest absolute Gasteiger partial charge is 0.399 e. The Kier molecular flexibility index (Phi) is 4.02. The van der Waals surface area contributed by atoms with Crippen LogP contribution in [0.5, 0.6) is 0 Å². The number of nitrogens with two attached hydrogens (primary N) is 1. The third-order valence-corrected chi connectivity index (χ3v) is 2.66. The van der Waals surface area contributed by atoms with Gasteiger partial charge in [0.2, 0.25) is 0 Å². The molecule has 1 nitrogen and oxygen atoms in total. The van der Waals surface area contributed by atoms with Gasteiger partial charge in [0.25, 0.3) is 0 Å². The van der Waals surface area contributed by atoms with E-state index in [1.807, 2.05) is 19.1 Å². The summed E-state index contributed by atoms with van der Waals surface area (Å²) in [5, 5.41) is 0. The molecular weight excluding hydrogens is 194 g/mol. The Bertz CT molecular complexity index is 342. The van der Waals surface area contributed by atoms with E-state index in [0.29, 0.717) is 5.88 Å². The van der Waals surface area contributed by atoms with Crippen molar-refractivity contribution >= 4 is 23.4 Å². The van der Waals surface area contributed by atoms with E-state index >= 15 is 0 Å². The molecule has 0 atom stereocenters. The normalized spacial score (nSPS) is 11.1. The molecule has 2 N–H and O–H groups in total. The van der Waals surface area contributed by atoms with E-state index in [2.05, 4.69) is 19.1 Å². The van der Waals surface area contributed by atoms with Gasteiger partial charge in [-0.3, -0.25) is 0 Å². The molecule has 0 saturated carbocycles. The molecule has 0 amide bonds. The van der Waals surface area contributed by atoms with Gasteiger partial charge >= 0.3 is 0 Å². The third kappa shape index (κ3) is 2.52. The summed E-state index contributed by atoms with van der Waals surface area (Å²) in [5.74, 6) is 0.670. The molecule has 0 aromatic heterocycles. The lowest BCUT2D eigenvalue weighted by atomic mass is 10.0. The molecular formula is C12H16ClN. The number of alkyl halides is 1. The van der Waals surface area contributed by atoms with Gasteiger partial charge in [0.05, 0.1) is 0 Å². The monoisotopic (exact) mass is 209 g/mol. The molecule has 1 rings (SSSR count). The fourth-order valence-corrected chi connectivity index (χ4v) is 1.44. The fraction of sp³-hybridized carbons (Fsp3) is 0.333. The van der Waals surface area contributed by atoms with E-state index < -0.39 is 0 Å². The van der Waals surface area contributed by atoms with Gasteiger partial charge in [0.1, 0.15) is 0 Å². The van der Waals surface area contributed by atoms with Gasteiger partial charge in [-0.1, -0.05) is 18.2 Å². The number of hydrogen-bond donors (Lipinski definition) is 1. The van der Waals surface area contributed by atoms with Crippen molar-refractivity contribution in [2.45, 2.75) is 20.3 Å². The predicted octanol–water partition coefficient (Wildman–Crippen LogP) is 3.53. The maximum absolute atomic E-state index is 5.80. The quantitative estimate of drug-likeness (QED) is 0.598. The lowest BCUT2D eigenvalue weighted by Gasteiger charge is -2.07. The van der Waals surface area contributed by atoms with Crippen molar-refractivity contribution in [3.8, 4) is 0 Å². The second-order valence-corrected chi connectivity index (χ2v) is 3.75. The van der Waals surface area contributed by atoms with Crippen LogP contribution in [0.25, 0.3) is 6.08 Å². The molecule has 0 aliphatic carbocycles. The molecule has 1 aromatic carbocycles. The van der Waals surface area contributed by atoms with E-state index in [9.17, 15) is 0 Å². The summed E-state index contributed by atoms with van der Waals surface area (Å²) < 4.78 is 0. The molecule has 0 bridgehead atoms. The number of benzene rings is 1. The van der Waals surface area contributed by atoms with Crippen molar-refractivity contribution in [3.05, 3.63) is 34.9 Å². The smallest absolute Gasteiger partial charge is 0.0346 e. The minimum absolute atomic E-state index is 0.670. The molecule has 0 saturated heterocycles. The Morgan fingerprint density at radius 1 is 1.29 bits per heavy atom. The predicted molar refractivity (Wildman–Crippen MR) is 64.7 cm³/mol. The zero-order chi connectivity index (χ0) is 10.6. The SMILES string of the molecule is Cc1c(N)ccc(C=CCCCl)c1C. The lowest BCUT2D eigenvalue weighted by Crippen LogP contribution is -1.94. The van der Waals surface area contributed by atoms with Crippen molar-refractivity contribution in [1.29, 1.82) is 0 Å². The summed E-state index contributed by atoms with van der Waals surface area (Å²) in [4.78, 5) is 0. The van der Waals surface area contributed by atoms with Crippen LogP contribution in [0.15, 0.2) is 18.2 Å². The number of hydrogen-bond acceptors (Lipinski definition) is 1. The van der Waals surface area contributed by atoms with Crippen LogP contribution in [-0.2, 0) is 0 Å². The Labute approximate surface area is 90.6 Å². The third-order valence-electron chi connectivity index (χ3n) is 2.44. The highest BCUT2D eigenvalue weighted by Crippen LogP contribution is 2.20. The first kappa shape index (κ1) is 11.1. The van der Waals surface area contributed by atoms with Crippen LogP contribution in [-0.4, -0.2) is 5.88 Å². The minimum atomic E-state index is 0.670. The summed E-state index contributed by atoms with van der Waals surface area (Å²) in [5.41, 5.74) is 10.3. The van der Waals surface area contributed by atoms with Crippen LogP contribution in [0.4, 0.5) is 5.69 Å². The molecule has 0 spiro atoms. The van der Waals surface area contributed by atoms with Crippen molar-refractivity contribution in [2.75, 3.05) is 11.6 Å². The summed E-state index contributed by atoms with van der Waals surface area (Å²) in [6.07, 6.45) is 5.10. The highest BCUT2D eigenvalue weighted by atomic mass is 35.5. The van der Waals surface area contributed by atoms with Crippen LogP contribution < -0.4 is 5.73 Å². The van der Waals surface area contributed by atoms with Crippen molar-refractivity contribution < 1.29 is 0 Å². The molecule has 76 valence electrons. The summed E-state index contributed by atoms with van der Waals surface area (Å²) in [6, 6.07) is 3.99. The van der Waals surface area contributed by atoms with Crippen LogP contribution in [0, 0.1) is 13.8 Å². The molecule has 0 unspecified atom stereocenters. The first-order chi connectivity index (χ1) is 6.66. The molecule has 0 aliphatic heterocycles. The average Bonchev–Trinajstić information content (AvgIpc) is 2.18. The molecule has 0 fully saturated rings. The maximum Gasteiger partial charge on any atom is 0.0346 e. The van der Waals surface area contributed by atoms with Gasteiger partial charge in [-0.15, -0.1) is 11.6 Å². The van der Waals surface area contributed by atoms with E-state index in [-0.39, 0.29) is 0 Å². The molecule has 0 aliphatic rings. The second kappa shape index (κ2) is 5.06. The summed E-state index contributed by atoms with van der Waals surface area (Å²) >= 11 is 5.59. The highest BCUT2D eigenvalue weighted by Gasteiger charge is 2.00. The van der Waals surface area contributed by atoms with Crippen LogP contribution in [0.1, 0.15) is 23.1 Å². The van der Waals surface area contributed by atoms with Crippen LogP contribution in [0.3, 0.4) is 0 Å². The zero-order valence-corrected chi connectivity index (χ0v) is 9.43. The van der Waals surface area contributed by atoms with Crippen molar-refractivity contribution in [3.63, 3.8) is 0 Å². The fourth-order valence-electron chi connectivity index (χ4n) is 1.32. The number of allylic oxidation sites excluding steroid dienone is 1. The average molecular weight is 210 g/mol. The van der Waals surface area contributed by atoms with Gasteiger partial charge in [0.15, 0.2) is 0 Å². The summed E-state index contributed by atoms with van der Waals surface area (Å²) in [6.45, 7) is 4.13. The maximum atomic E-state index is 5.80. The van der Waals surface area contributed by atoms with Gasteiger partial charge in [-0.05, 0) is 43.0 Å². The first-order valence-corrected chi connectivity index (χ1v) is 5.28. The Balaban J connectivity index is 2.94. The Morgan fingerprint density at radius 3 is 2.64 bits per heavy atom. The number of nitrogen functional groups attached to an aromatic ring is 1. The molecule has 0 heterocycles. The highest BCUT2D eigenvalue weighted by molar-refractivity contribution is 6.17. The second-order valence-electron chi connectivity index (χ2n) is 3.37. The molecule has 2 heteroatoms. The number of anilines is 1. The first-order valence-electron chi connectivity index (χ1n) is 4.75. The van der Waals surface area contributed by atoms with E-state index in [1.165, 1.54) is 11.1 Å². The van der Waals surface area contributed by atoms with E-state index in [4.69, 9.17) is 17.3 Å². The van der Waals surface area contributed by atoms with Gasteiger partial charge in [-0.2, -0.15) is 0 Å². The van der Waals surface area contributed by atoms with Crippen LogP contribution in [0.2, 0.25) is 0 Å². The minimum Gasteiger partial charge on any atom is -0.399 e. The summed E-state index contributed by atoms with van der Waals surface area (Å²) in [7, 11) is 0. The number of rotatable bonds is 3. The Hall–Kier alpha value is -0.950. The van der Waals surface area contributed by atoms with Crippen molar-refractivity contribution in [1.82, 2.24) is 0 Å². The van der Waals surface area contributed by atoms with Gasteiger partial charge in [-0.25, -0.2) is 0 Å². The topological polar surface area (TPSA) is 26.0 Å². The zero-order valence-electron chi connectivity index (χ0n) is 8.68. The number of halogens is 1. The Morgan fingerprint density at radius 2 is 2.00 bits per heavy atom. The van der Waals surface area contributed by atoms with E-state index in [0.717, 1.165) is 17.7 Å². The van der Waals surface area contributed by atoms with Gasteiger partial charge < -0.3 is 5.73 Å². The van der Waals surface area contributed by atoms with Crippen molar-refractivity contribution in [2.24, 2.45) is 0 Å². The van der Waals surface area contributed by atoms with Gasteiger partial charge in [0, 0.05) is 11.6 Å².